The van der Waals surface area contributed by atoms with Gasteiger partial charge in [0.25, 0.3) is 0 Å². The van der Waals surface area contributed by atoms with Gasteiger partial charge in [0.2, 0.25) is 10.0 Å². The molecule has 4 nitrogen and oxygen atoms in total. The fourth-order valence-corrected chi connectivity index (χ4v) is 4.16. The van der Waals surface area contributed by atoms with Crippen LogP contribution in [0.2, 0.25) is 0 Å². The molecule has 0 saturated heterocycles. The molecule has 1 aromatic heterocycles. The second-order valence-electron chi connectivity index (χ2n) is 4.50. The van der Waals surface area contributed by atoms with E-state index in [1.54, 1.807) is 30.4 Å². The van der Waals surface area contributed by atoms with E-state index in [1.165, 1.54) is 9.75 Å². The van der Waals surface area contributed by atoms with Gasteiger partial charge in [0.05, 0.1) is 4.90 Å². The number of halogens is 1. The van der Waals surface area contributed by atoms with Crippen LogP contribution in [0.5, 0.6) is 0 Å². The highest BCUT2D eigenvalue weighted by molar-refractivity contribution is 9.10. The first-order valence-electron chi connectivity index (χ1n) is 5.89. The van der Waals surface area contributed by atoms with Crippen LogP contribution in [-0.4, -0.2) is 8.42 Å². The normalized spacial score (nSPS) is 11.6. The van der Waals surface area contributed by atoms with Crippen molar-refractivity contribution in [2.75, 3.05) is 5.32 Å². The van der Waals surface area contributed by atoms with Gasteiger partial charge in [-0.3, -0.25) is 0 Å². The van der Waals surface area contributed by atoms with Gasteiger partial charge in [-0.15, -0.1) is 11.3 Å². The zero-order valence-corrected chi connectivity index (χ0v) is 14.3. The first kappa shape index (κ1) is 15.5. The predicted octanol–water partition coefficient (Wildman–Crippen LogP) is 3.39. The third-order valence-corrected chi connectivity index (χ3v) is 6.06. The van der Waals surface area contributed by atoms with Crippen molar-refractivity contribution in [2.24, 2.45) is 5.14 Å². The van der Waals surface area contributed by atoms with Gasteiger partial charge in [-0.05, 0) is 53.5 Å². The molecule has 1 heterocycles. The predicted molar refractivity (Wildman–Crippen MR) is 86.6 cm³/mol. The quantitative estimate of drug-likeness (QED) is 0.861. The topological polar surface area (TPSA) is 72.2 Å². The van der Waals surface area contributed by atoms with Gasteiger partial charge in [-0.2, -0.15) is 0 Å². The lowest BCUT2D eigenvalue weighted by Gasteiger charge is -2.09. The number of aryl methyl sites for hydroxylation is 2. The Bertz CT molecular complexity index is 719. The zero-order chi connectivity index (χ0) is 14.9. The Hall–Kier alpha value is -0.890. The highest BCUT2D eigenvalue weighted by Gasteiger charge is 2.12. The van der Waals surface area contributed by atoms with E-state index in [2.05, 4.69) is 27.3 Å². The van der Waals surface area contributed by atoms with Crippen LogP contribution >= 0.6 is 27.3 Å². The van der Waals surface area contributed by atoms with Crippen LogP contribution in [0.25, 0.3) is 0 Å². The van der Waals surface area contributed by atoms with Crippen molar-refractivity contribution < 1.29 is 8.42 Å². The number of hydrogen-bond donors (Lipinski definition) is 2. The minimum atomic E-state index is -3.69. The van der Waals surface area contributed by atoms with Crippen molar-refractivity contribution in [3.8, 4) is 0 Å². The number of rotatable bonds is 4. The highest BCUT2D eigenvalue weighted by atomic mass is 79.9. The van der Waals surface area contributed by atoms with E-state index in [9.17, 15) is 8.42 Å². The maximum Gasteiger partial charge on any atom is 0.238 e. The standard InChI is InChI=1S/C13H15BrN2O2S2/c1-8-3-4-10(5-13(8)20(15,17)18)16-7-11-6-12(14)9(2)19-11/h3-6,16H,7H2,1-2H3,(H2,15,17,18). The molecule has 108 valence electrons. The second kappa shape index (κ2) is 5.85. The number of thiophene rings is 1. The third kappa shape index (κ3) is 3.60. The minimum Gasteiger partial charge on any atom is -0.380 e. The van der Waals surface area contributed by atoms with Crippen molar-refractivity contribution >= 4 is 43.0 Å². The molecular weight excluding hydrogens is 360 g/mol. The Morgan fingerprint density at radius 3 is 2.55 bits per heavy atom. The van der Waals surface area contributed by atoms with Crippen LogP contribution in [0.4, 0.5) is 5.69 Å². The first-order valence-corrected chi connectivity index (χ1v) is 9.05. The minimum absolute atomic E-state index is 0.158. The van der Waals surface area contributed by atoms with Crippen LogP contribution < -0.4 is 10.5 Å². The van der Waals surface area contributed by atoms with E-state index in [0.717, 1.165) is 10.2 Å². The van der Waals surface area contributed by atoms with Crippen LogP contribution in [0, 0.1) is 13.8 Å². The Labute approximate surface area is 131 Å². The lowest BCUT2D eigenvalue weighted by atomic mass is 10.2. The Kier molecular flexibility index (Phi) is 4.53. The van der Waals surface area contributed by atoms with Crippen molar-refractivity contribution in [3.05, 3.63) is 44.1 Å². The maximum atomic E-state index is 11.5. The number of sulfonamides is 1. The molecule has 20 heavy (non-hydrogen) atoms. The summed E-state index contributed by atoms with van der Waals surface area (Å²) in [6.07, 6.45) is 0. The van der Waals surface area contributed by atoms with Crippen LogP contribution in [0.1, 0.15) is 15.3 Å². The fraction of sp³-hybridized carbons (Fsp3) is 0.231. The molecule has 1 aromatic carbocycles. The smallest absolute Gasteiger partial charge is 0.238 e. The van der Waals surface area contributed by atoms with E-state index in [1.807, 2.05) is 13.0 Å². The molecule has 3 N–H and O–H groups in total. The molecule has 0 saturated carbocycles. The molecule has 2 rings (SSSR count). The summed E-state index contributed by atoms with van der Waals surface area (Å²) >= 11 is 5.17. The Balaban J connectivity index is 2.18. The Morgan fingerprint density at radius 1 is 1.30 bits per heavy atom. The summed E-state index contributed by atoms with van der Waals surface area (Å²) in [5.41, 5.74) is 1.38. The van der Waals surface area contributed by atoms with Gasteiger partial charge in [0, 0.05) is 26.5 Å². The molecule has 2 aromatic rings. The number of anilines is 1. The molecular formula is C13H15BrN2O2S2. The number of primary sulfonamides is 1. The Morgan fingerprint density at radius 2 is 2.00 bits per heavy atom. The van der Waals surface area contributed by atoms with E-state index < -0.39 is 10.0 Å². The number of hydrogen-bond acceptors (Lipinski definition) is 4. The second-order valence-corrected chi connectivity index (χ2v) is 8.22. The summed E-state index contributed by atoms with van der Waals surface area (Å²) in [4.78, 5) is 2.55. The van der Waals surface area contributed by atoms with Crippen LogP contribution in [0.3, 0.4) is 0 Å². The van der Waals surface area contributed by atoms with E-state index >= 15 is 0 Å². The monoisotopic (exact) mass is 374 g/mol. The van der Waals surface area contributed by atoms with Gasteiger partial charge in [-0.25, -0.2) is 13.6 Å². The summed E-state index contributed by atoms with van der Waals surface area (Å²) < 4.78 is 24.0. The van der Waals surface area contributed by atoms with Crippen LogP contribution in [0.15, 0.2) is 33.6 Å². The summed E-state index contributed by atoms with van der Waals surface area (Å²) in [6.45, 7) is 4.41. The third-order valence-electron chi connectivity index (χ3n) is 2.87. The molecule has 0 amide bonds. The highest BCUT2D eigenvalue weighted by Crippen LogP contribution is 2.27. The van der Waals surface area contributed by atoms with Gasteiger partial charge >= 0.3 is 0 Å². The van der Waals surface area contributed by atoms with Crippen molar-refractivity contribution in [3.63, 3.8) is 0 Å². The summed E-state index contributed by atoms with van der Waals surface area (Å²) in [5, 5.41) is 8.41. The summed E-state index contributed by atoms with van der Waals surface area (Å²) in [7, 11) is -3.69. The van der Waals surface area contributed by atoms with Gasteiger partial charge in [0.15, 0.2) is 0 Å². The van der Waals surface area contributed by atoms with Crippen molar-refractivity contribution in [1.29, 1.82) is 0 Å². The van der Waals surface area contributed by atoms with Crippen LogP contribution in [-0.2, 0) is 16.6 Å². The molecule has 0 fully saturated rings. The van der Waals surface area contributed by atoms with E-state index in [0.29, 0.717) is 12.1 Å². The van der Waals surface area contributed by atoms with E-state index in [4.69, 9.17) is 5.14 Å². The summed E-state index contributed by atoms with van der Waals surface area (Å²) in [5.74, 6) is 0. The first-order chi connectivity index (χ1) is 9.27. The number of benzene rings is 1. The molecule has 0 aliphatic heterocycles. The average Bonchev–Trinajstić information content (AvgIpc) is 2.66. The number of nitrogens with two attached hydrogens (primary N) is 1. The van der Waals surface area contributed by atoms with E-state index in [-0.39, 0.29) is 4.90 Å². The zero-order valence-electron chi connectivity index (χ0n) is 11.1. The fourth-order valence-electron chi connectivity index (χ4n) is 1.81. The van der Waals surface area contributed by atoms with Gasteiger partial charge in [0.1, 0.15) is 0 Å². The molecule has 0 radical (unpaired) electrons. The van der Waals surface area contributed by atoms with Crippen molar-refractivity contribution in [1.82, 2.24) is 0 Å². The molecule has 0 aliphatic rings. The molecule has 0 spiro atoms. The van der Waals surface area contributed by atoms with Crippen molar-refractivity contribution in [2.45, 2.75) is 25.3 Å². The summed E-state index contributed by atoms with van der Waals surface area (Å²) in [6, 6.07) is 7.22. The maximum absolute atomic E-state index is 11.5. The molecule has 0 atom stereocenters. The number of nitrogens with one attached hydrogen (secondary N) is 1. The molecule has 0 bridgehead atoms. The average molecular weight is 375 g/mol. The largest absolute Gasteiger partial charge is 0.380 e. The molecule has 7 heteroatoms. The lowest BCUT2D eigenvalue weighted by molar-refractivity contribution is 0.597. The SMILES string of the molecule is Cc1ccc(NCc2cc(Br)c(C)s2)cc1S(N)(=O)=O. The molecule has 0 aliphatic carbocycles. The lowest BCUT2D eigenvalue weighted by Crippen LogP contribution is -2.14. The van der Waals surface area contributed by atoms with Gasteiger partial charge < -0.3 is 5.32 Å². The molecule has 0 unspecified atom stereocenters. The van der Waals surface area contributed by atoms with Gasteiger partial charge in [-0.1, -0.05) is 6.07 Å².